The number of amidine groups is 1. The molecule has 4 rings (SSSR count). The van der Waals surface area contributed by atoms with E-state index in [0.717, 1.165) is 11.1 Å². The molecule has 34 heavy (non-hydrogen) atoms. The summed E-state index contributed by atoms with van der Waals surface area (Å²) >= 11 is 18.5. The van der Waals surface area contributed by atoms with E-state index >= 15 is 0 Å². The number of carbonyl (C=O) groups is 2. The zero-order valence-electron chi connectivity index (χ0n) is 17.0. The van der Waals surface area contributed by atoms with Crippen LogP contribution in [0.3, 0.4) is 0 Å². The SMILES string of the molecule is O=C(NC1=NN(c2c(Cl)cc(Cl)cc2Cl)C(=O)/C1=C\c1ccccc1)c1cccc([N+](=O)[O-])c1. The Hall–Kier alpha value is -3.72. The molecule has 0 bridgehead atoms. The predicted octanol–water partition coefficient (Wildman–Crippen LogP) is 5.73. The lowest BCUT2D eigenvalue weighted by atomic mass is 10.1. The minimum absolute atomic E-state index is 0.0180. The summed E-state index contributed by atoms with van der Waals surface area (Å²) in [6, 6.07) is 16.9. The molecule has 3 aromatic rings. The minimum Gasteiger partial charge on any atom is -0.304 e. The molecule has 8 nitrogen and oxygen atoms in total. The maximum Gasteiger partial charge on any atom is 0.282 e. The van der Waals surface area contributed by atoms with Crippen molar-refractivity contribution in [2.24, 2.45) is 5.10 Å². The first-order valence-electron chi connectivity index (χ1n) is 9.65. The second-order valence-corrected chi connectivity index (χ2v) is 8.26. The van der Waals surface area contributed by atoms with Gasteiger partial charge in [-0.2, -0.15) is 5.01 Å². The van der Waals surface area contributed by atoms with Gasteiger partial charge in [-0.15, -0.1) is 5.10 Å². The summed E-state index contributed by atoms with van der Waals surface area (Å²) in [5.74, 6) is -1.36. The molecule has 1 heterocycles. The van der Waals surface area contributed by atoms with E-state index in [0.29, 0.717) is 5.56 Å². The highest BCUT2D eigenvalue weighted by atomic mass is 35.5. The van der Waals surface area contributed by atoms with Gasteiger partial charge in [0.2, 0.25) is 0 Å². The second-order valence-electron chi connectivity index (χ2n) is 7.01. The Kier molecular flexibility index (Phi) is 6.65. The van der Waals surface area contributed by atoms with Crippen molar-refractivity contribution >= 4 is 69.9 Å². The smallest absolute Gasteiger partial charge is 0.282 e. The molecular weight excluding hydrogens is 503 g/mol. The van der Waals surface area contributed by atoms with E-state index in [1.165, 1.54) is 30.3 Å². The number of nitro groups is 1. The van der Waals surface area contributed by atoms with Crippen molar-refractivity contribution in [3.05, 3.63) is 109 Å². The minimum atomic E-state index is -0.690. The molecule has 2 amide bonds. The Morgan fingerprint density at radius 1 is 1.00 bits per heavy atom. The largest absolute Gasteiger partial charge is 0.304 e. The molecule has 0 saturated carbocycles. The molecule has 0 aromatic heterocycles. The first kappa shape index (κ1) is 23.4. The van der Waals surface area contributed by atoms with Crippen LogP contribution in [0.4, 0.5) is 11.4 Å². The molecule has 170 valence electrons. The van der Waals surface area contributed by atoms with Crippen molar-refractivity contribution in [3.63, 3.8) is 0 Å². The average molecular weight is 516 g/mol. The summed E-state index contributed by atoms with van der Waals surface area (Å²) in [5, 5.41) is 19.3. The van der Waals surface area contributed by atoms with Gasteiger partial charge in [0.15, 0.2) is 5.84 Å². The van der Waals surface area contributed by atoms with E-state index in [1.54, 1.807) is 30.3 Å². The molecule has 0 unspecified atom stereocenters. The van der Waals surface area contributed by atoms with Gasteiger partial charge in [-0.1, -0.05) is 71.2 Å². The van der Waals surface area contributed by atoms with Crippen LogP contribution in [0.2, 0.25) is 15.1 Å². The molecule has 3 aromatic carbocycles. The number of hydrogen-bond donors (Lipinski definition) is 1. The van der Waals surface area contributed by atoms with E-state index in [9.17, 15) is 19.7 Å². The summed E-state index contributed by atoms with van der Waals surface area (Å²) < 4.78 is 0. The highest BCUT2D eigenvalue weighted by Gasteiger charge is 2.35. The van der Waals surface area contributed by atoms with Gasteiger partial charge < -0.3 is 5.32 Å². The van der Waals surface area contributed by atoms with Gasteiger partial charge in [0.05, 0.1) is 20.5 Å². The number of nitro benzene ring substituents is 1. The van der Waals surface area contributed by atoms with Crippen LogP contribution in [0.15, 0.2) is 77.4 Å². The summed E-state index contributed by atoms with van der Waals surface area (Å²) in [5.41, 5.74) is 0.601. The number of anilines is 1. The number of rotatable bonds is 4. The Morgan fingerprint density at radius 3 is 2.32 bits per heavy atom. The zero-order chi connectivity index (χ0) is 24.4. The van der Waals surface area contributed by atoms with Gasteiger partial charge in [-0.25, -0.2) is 0 Å². The monoisotopic (exact) mass is 514 g/mol. The predicted molar refractivity (Wildman–Crippen MR) is 131 cm³/mol. The van der Waals surface area contributed by atoms with Gasteiger partial charge in [-0.3, -0.25) is 19.7 Å². The average Bonchev–Trinajstić information content (AvgIpc) is 3.08. The number of nitrogens with zero attached hydrogens (tertiary/aromatic N) is 3. The molecule has 11 heteroatoms. The first-order valence-corrected chi connectivity index (χ1v) is 10.8. The lowest BCUT2D eigenvalue weighted by Crippen LogP contribution is -2.31. The van der Waals surface area contributed by atoms with Crippen LogP contribution in [-0.2, 0) is 4.79 Å². The summed E-state index contributed by atoms with van der Waals surface area (Å²) in [4.78, 5) is 36.6. The van der Waals surface area contributed by atoms with Crippen molar-refractivity contribution < 1.29 is 14.5 Å². The molecule has 1 N–H and O–H groups in total. The summed E-state index contributed by atoms with van der Waals surface area (Å²) in [6.45, 7) is 0. The summed E-state index contributed by atoms with van der Waals surface area (Å²) in [7, 11) is 0. The lowest BCUT2D eigenvalue weighted by molar-refractivity contribution is -0.384. The van der Waals surface area contributed by atoms with E-state index in [4.69, 9.17) is 34.8 Å². The van der Waals surface area contributed by atoms with Gasteiger partial charge in [0, 0.05) is 22.7 Å². The van der Waals surface area contributed by atoms with Crippen molar-refractivity contribution in [1.29, 1.82) is 0 Å². The molecule has 0 atom stereocenters. The number of nitrogens with one attached hydrogen (secondary N) is 1. The number of carbonyl (C=O) groups excluding carboxylic acids is 2. The Morgan fingerprint density at radius 2 is 1.68 bits per heavy atom. The van der Waals surface area contributed by atoms with Crippen molar-refractivity contribution in [3.8, 4) is 0 Å². The molecule has 1 aliphatic heterocycles. The zero-order valence-corrected chi connectivity index (χ0v) is 19.3. The number of benzene rings is 3. The molecule has 0 spiro atoms. The van der Waals surface area contributed by atoms with Crippen LogP contribution in [0, 0.1) is 10.1 Å². The van der Waals surface area contributed by atoms with Gasteiger partial charge in [-0.05, 0) is 29.8 Å². The maximum absolute atomic E-state index is 13.3. The number of hydrogen-bond acceptors (Lipinski definition) is 5. The Bertz CT molecular complexity index is 1370. The third-order valence-corrected chi connectivity index (χ3v) is 5.53. The van der Waals surface area contributed by atoms with Crippen molar-refractivity contribution in [1.82, 2.24) is 5.32 Å². The third-order valence-electron chi connectivity index (χ3n) is 4.73. The maximum atomic E-state index is 13.3. The highest BCUT2D eigenvalue weighted by Crippen LogP contribution is 2.39. The van der Waals surface area contributed by atoms with E-state index in [2.05, 4.69) is 10.4 Å². The van der Waals surface area contributed by atoms with E-state index in [-0.39, 0.29) is 43.4 Å². The van der Waals surface area contributed by atoms with Gasteiger partial charge >= 0.3 is 0 Å². The van der Waals surface area contributed by atoms with Gasteiger partial charge in [0.25, 0.3) is 17.5 Å². The number of amides is 2. The van der Waals surface area contributed by atoms with E-state index < -0.39 is 16.7 Å². The quantitative estimate of drug-likeness (QED) is 0.272. The topological polar surface area (TPSA) is 105 Å². The number of non-ortho nitro benzene ring substituents is 1. The molecule has 0 radical (unpaired) electrons. The third kappa shape index (κ3) is 4.79. The molecule has 0 fully saturated rings. The lowest BCUT2D eigenvalue weighted by Gasteiger charge is -2.15. The van der Waals surface area contributed by atoms with Crippen LogP contribution in [0.5, 0.6) is 0 Å². The normalized spacial score (nSPS) is 14.3. The number of hydrazone groups is 1. The van der Waals surface area contributed by atoms with Crippen LogP contribution < -0.4 is 10.3 Å². The fraction of sp³-hybridized carbons (Fsp3) is 0. The highest BCUT2D eigenvalue weighted by molar-refractivity contribution is 6.44. The molecule has 1 aliphatic rings. The molecule has 0 aliphatic carbocycles. The van der Waals surface area contributed by atoms with Crippen LogP contribution in [-0.4, -0.2) is 22.6 Å². The van der Waals surface area contributed by atoms with Crippen molar-refractivity contribution in [2.75, 3.05) is 5.01 Å². The Balaban J connectivity index is 1.76. The van der Waals surface area contributed by atoms with Crippen LogP contribution in [0.1, 0.15) is 15.9 Å². The van der Waals surface area contributed by atoms with Crippen molar-refractivity contribution in [2.45, 2.75) is 0 Å². The fourth-order valence-electron chi connectivity index (χ4n) is 3.18. The fourth-order valence-corrected chi connectivity index (χ4v) is 4.16. The van der Waals surface area contributed by atoms with Crippen LogP contribution in [0.25, 0.3) is 6.08 Å². The Labute approximate surface area is 208 Å². The molecular formula is C23H13Cl3N4O4. The standard InChI is InChI=1S/C23H13Cl3N4O4/c24-15-11-18(25)20(19(26)12-15)29-23(32)17(9-13-5-2-1-3-6-13)21(28-29)27-22(31)14-7-4-8-16(10-14)30(33)34/h1-12H,(H,27,28,31)/b17-9-. The van der Waals surface area contributed by atoms with Crippen LogP contribution >= 0.6 is 34.8 Å². The van der Waals surface area contributed by atoms with E-state index in [1.807, 2.05) is 6.07 Å². The molecule has 0 saturated heterocycles. The van der Waals surface area contributed by atoms with Gasteiger partial charge in [0.1, 0.15) is 5.69 Å². The summed E-state index contributed by atoms with van der Waals surface area (Å²) in [6.07, 6.45) is 1.55. The second kappa shape index (κ2) is 9.64. The number of halogens is 3. The first-order chi connectivity index (χ1) is 16.2.